The first kappa shape index (κ1) is 17.2. The summed E-state index contributed by atoms with van der Waals surface area (Å²) in [5, 5.41) is 9.64. The highest BCUT2D eigenvalue weighted by molar-refractivity contribution is 5.93. The van der Waals surface area contributed by atoms with Gasteiger partial charge in [0.25, 0.3) is 5.91 Å². The number of carbonyl (C=O) groups is 1. The number of nitrogens with zero attached hydrogens (tertiary/aromatic N) is 2. The van der Waals surface area contributed by atoms with Crippen molar-refractivity contribution in [3.8, 4) is 5.88 Å². The van der Waals surface area contributed by atoms with Gasteiger partial charge in [0.2, 0.25) is 5.88 Å². The number of pyridine rings is 1. The molecular weight excluding hydrogens is 289 g/mol. The van der Waals surface area contributed by atoms with E-state index in [1.54, 1.807) is 13.8 Å². The monoisotopic (exact) mass is 306 g/mol. The lowest BCUT2D eigenvalue weighted by molar-refractivity contribution is -0.154. The molecule has 0 radical (unpaired) electrons. The zero-order chi connectivity index (χ0) is 16.3. The maximum absolute atomic E-state index is 12.0. The molecule has 0 spiro atoms. The van der Waals surface area contributed by atoms with E-state index in [9.17, 15) is 23.1 Å². The number of halogens is 3. The summed E-state index contributed by atoms with van der Waals surface area (Å²) < 4.78 is 40.4. The van der Waals surface area contributed by atoms with E-state index >= 15 is 0 Å². The predicted molar refractivity (Wildman–Crippen MR) is 69.0 cm³/mol. The molecular formula is C13H17F3N2O3. The standard InChI is InChI=1S/C13H17F3N2O3/c1-12(2,20)7-18(3)11(19)9-4-5-10(17-6-9)21-8-13(14,15)16/h4-6,20H,7-8H2,1-3H3. The van der Waals surface area contributed by atoms with E-state index in [-0.39, 0.29) is 18.0 Å². The molecule has 0 atom stereocenters. The van der Waals surface area contributed by atoms with Gasteiger partial charge < -0.3 is 14.7 Å². The van der Waals surface area contributed by atoms with Crippen molar-refractivity contribution in [1.29, 1.82) is 0 Å². The molecule has 0 saturated heterocycles. The molecule has 0 aliphatic rings. The molecule has 0 aliphatic heterocycles. The van der Waals surface area contributed by atoms with Crippen molar-refractivity contribution in [2.45, 2.75) is 25.6 Å². The molecule has 0 unspecified atom stereocenters. The Hall–Kier alpha value is -1.83. The van der Waals surface area contributed by atoms with Crippen LogP contribution in [0.4, 0.5) is 13.2 Å². The Morgan fingerprint density at radius 2 is 2.00 bits per heavy atom. The molecule has 0 aliphatic carbocycles. The quantitative estimate of drug-likeness (QED) is 0.902. The van der Waals surface area contributed by atoms with Crippen LogP contribution in [0.2, 0.25) is 0 Å². The first-order valence-corrected chi connectivity index (χ1v) is 6.11. The Bertz CT molecular complexity index is 481. The van der Waals surface area contributed by atoms with Crippen LogP contribution in [0.25, 0.3) is 0 Å². The fraction of sp³-hybridized carbons (Fsp3) is 0.538. The third kappa shape index (κ3) is 6.44. The third-order valence-electron chi connectivity index (χ3n) is 2.34. The van der Waals surface area contributed by atoms with Gasteiger partial charge >= 0.3 is 6.18 Å². The van der Waals surface area contributed by atoms with E-state index in [0.29, 0.717) is 0 Å². The number of amides is 1. The van der Waals surface area contributed by atoms with Crippen molar-refractivity contribution >= 4 is 5.91 Å². The maximum Gasteiger partial charge on any atom is 0.422 e. The van der Waals surface area contributed by atoms with Crippen molar-refractivity contribution in [2.24, 2.45) is 0 Å². The van der Waals surface area contributed by atoms with Gasteiger partial charge in [-0.1, -0.05) is 0 Å². The van der Waals surface area contributed by atoms with Crippen LogP contribution in [0.5, 0.6) is 5.88 Å². The molecule has 1 N–H and O–H groups in total. The number of aliphatic hydroxyl groups is 1. The summed E-state index contributed by atoms with van der Waals surface area (Å²) in [5.74, 6) is -0.610. The van der Waals surface area contributed by atoms with Gasteiger partial charge in [0.05, 0.1) is 11.2 Å². The Morgan fingerprint density at radius 3 is 2.43 bits per heavy atom. The van der Waals surface area contributed by atoms with Crippen LogP contribution in [-0.2, 0) is 0 Å². The highest BCUT2D eigenvalue weighted by atomic mass is 19.4. The predicted octanol–water partition coefficient (Wildman–Crippen LogP) is 1.87. The van der Waals surface area contributed by atoms with E-state index in [1.165, 1.54) is 24.1 Å². The fourth-order valence-electron chi connectivity index (χ4n) is 1.62. The Kier molecular flexibility index (Phi) is 5.16. The fourth-order valence-corrected chi connectivity index (χ4v) is 1.62. The van der Waals surface area contributed by atoms with Gasteiger partial charge in [0, 0.05) is 25.9 Å². The van der Waals surface area contributed by atoms with Crippen LogP contribution in [0.3, 0.4) is 0 Å². The highest BCUT2D eigenvalue weighted by Gasteiger charge is 2.28. The molecule has 118 valence electrons. The molecule has 1 heterocycles. The lowest BCUT2D eigenvalue weighted by atomic mass is 10.1. The van der Waals surface area contributed by atoms with Crippen LogP contribution < -0.4 is 4.74 Å². The van der Waals surface area contributed by atoms with Crippen LogP contribution >= 0.6 is 0 Å². The van der Waals surface area contributed by atoms with Gasteiger partial charge in [-0.05, 0) is 19.9 Å². The molecule has 8 heteroatoms. The molecule has 1 aromatic heterocycles. The Morgan fingerprint density at radius 1 is 1.38 bits per heavy atom. The van der Waals surface area contributed by atoms with Crippen LogP contribution in [0.15, 0.2) is 18.3 Å². The van der Waals surface area contributed by atoms with E-state index in [4.69, 9.17) is 0 Å². The zero-order valence-corrected chi connectivity index (χ0v) is 11.9. The molecule has 0 saturated carbocycles. The summed E-state index contributed by atoms with van der Waals surface area (Å²) in [6.07, 6.45) is -3.31. The van der Waals surface area contributed by atoms with Crippen molar-refractivity contribution in [2.75, 3.05) is 20.2 Å². The summed E-state index contributed by atoms with van der Waals surface area (Å²) in [5.41, 5.74) is -0.853. The Labute approximate surface area is 120 Å². The lowest BCUT2D eigenvalue weighted by Crippen LogP contribution is -2.39. The molecule has 0 fully saturated rings. The van der Waals surface area contributed by atoms with Gasteiger partial charge in [-0.25, -0.2) is 4.98 Å². The summed E-state index contributed by atoms with van der Waals surface area (Å²) >= 11 is 0. The number of hydrogen-bond acceptors (Lipinski definition) is 4. The largest absolute Gasteiger partial charge is 0.468 e. The second-order valence-corrected chi connectivity index (χ2v) is 5.26. The number of ether oxygens (including phenoxy) is 1. The zero-order valence-electron chi connectivity index (χ0n) is 11.9. The minimum atomic E-state index is -4.44. The number of hydrogen-bond donors (Lipinski definition) is 1. The highest BCUT2D eigenvalue weighted by Crippen LogP contribution is 2.17. The van der Waals surface area contributed by atoms with Crippen molar-refractivity contribution in [1.82, 2.24) is 9.88 Å². The van der Waals surface area contributed by atoms with Crippen molar-refractivity contribution in [3.63, 3.8) is 0 Å². The number of rotatable bonds is 5. The van der Waals surface area contributed by atoms with Crippen molar-refractivity contribution in [3.05, 3.63) is 23.9 Å². The second kappa shape index (κ2) is 6.30. The van der Waals surface area contributed by atoms with Gasteiger partial charge in [-0.15, -0.1) is 0 Å². The SMILES string of the molecule is CN(CC(C)(C)O)C(=O)c1ccc(OCC(F)(F)F)nc1. The van der Waals surface area contributed by atoms with Gasteiger partial charge in [0.15, 0.2) is 6.61 Å². The van der Waals surface area contributed by atoms with Gasteiger partial charge in [0.1, 0.15) is 0 Å². The average Bonchev–Trinajstić information content (AvgIpc) is 2.33. The molecule has 21 heavy (non-hydrogen) atoms. The smallest absolute Gasteiger partial charge is 0.422 e. The van der Waals surface area contributed by atoms with E-state index in [2.05, 4.69) is 9.72 Å². The molecule has 1 rings (SSSR count). The Balaban J connectivity index is 2.67. The van der Waals surface area contributed by atoms with E-state index in [0.717, 1.165) is 6.20 Å². The van der Waals surface area contributed by atoms with Crippen LogP contribution in [0, 0.1) is 0 Å². The van der Waals surface area contributed by atoms with Crippen LogP contribution in [0.1, 0.15) is 24.2 Å². The lowest BCUT2D eigenvalue weighted by Gasteiger charge is -2.25. The minimum absolute atomic E-state index is 0.109. The summed E-state index contributed by atoms with van der Waals surface area (Å²) in [7, 11) is 1.51. The van der Waals surface area contributed by atoms with Crippen molar-refractivity contribution < 1.29 is 27.8 Å². The molecule has 0 bridgehead atoms. The first-order chi connectivity index (χ1) is 9.48. The molecule has 5 nitrogen and oxygen atoms in total. The maximum atomic E-state index is 12.0. The first-order valence-electron chi connectivity index (χ1n) is 6.11. The number of aromatic nitrogens is 1. The summed E-state index contributed by atoms with van der Waals surface area (Å²) in [4.78, 5) is 17.0. The second-order valence-electron chi connectivity index (χ2n) is 5.26. The number of alkyl halides is 3. The van der Waals surface area contributed by atoms with E-state index < -0.39 is 24.3 Å². The van der Waals surface area contributed by atoms with Gasteiger partial charge in [-0.2, -0.15) is 13.2 Å². The third-order valence-corrected chi connectivity index (χ3v) is 2.34. The molecule has 1 aromatic rings. The van der Waals surface area contributed by atoms with Gasteiger partial charge in [-0.3, -0.25) is 4.79 Å². The molecule has 1 amide bonds. The number of likely N-dealkylation sites (N-methyl/N-ethyl adjacent to an activating group) is 1. The normalized spacial score (nSPS) is 12.1. The molecule has 0 aromatic carbocycles. The minimum Gasteiger partial charge on any atom is -0.468 e. The summed E-state index contributed by atoms with van der Waals surface area (Å²) in [6, 6.07) is 2.51. The topological polar surface area (TPSA) is 62.7 Å². The average molecular weight is 306 g/mol. The summed E-state index contributed by atoms with van der Waals surface area (Å²) in [6.45, 7) is 1.79. The number of carbonyl (C=O) groups excluding carboxylic acids is 1. The van der Waals surface area contributed by atoms with Crippen LogP contribution in [-0.4, -0.2) is 52.9 Å². The van der Waals surface area contributed by atoms with E-state index in [1.807, 2.05) is 0 Å².